The highest BCUT2D eigenvalue weighted by Crippen LogP contribution is 2.26. The minimum atomic E-state index is -1.26. The molecule has 6 heteroatoms. The first-order chi connectivity index (χ1) is 9.43. The largest absolute Gasteiger partial charge is 0.478 e. The number of carbonyl (C=O) groups is 1. The fraction of sp³-hybridized carbons (Fsp3) is 0.0714. The van der Waals surface area contributed by atoms with Crippen LogP contribution in [0.2, 0.25) is 5.02 Å². The molecule has 0 atom stereocenters. The van der Waals surface area contributed by atoms with E-state index in [0.717, 1.165) is 6.07 Å². The summed E-state index contributed by atoms with van der Waals surface area (Å²) in [6.45, 7) is 1.50. The molecule has 100 valence electrons. The van der Waals surface area contributed by atoms with E-state index in [0.29, 0.717) is 0 Å². The van der Waals surface area contributed by atoms with Crippen molar-refractivity contribution in [3.63, 3.8) is 0 Å². The van der Waals surface area contributed by atoms with Crippen LogP contribution in [0, 0.1) is 24.1 Å². The summed E-state index contributed by atoms with van der Waals surface area (Å²) in [4.78, 5) is 15.2. The number of carboxylic acids is 1. The summed E-state index contributed by atoms with van der Waals surface area (Å²) in [6, 6.07) is 6.98. The van der Waals surface area contributed by atoms with Crippen molar-refractivity contribution < 1.29 is 14.3 Å². The molecule has 0 saturated carbocycles. The highest BCUT2D eigenvalue weighted by atomic mass is 35.5. The minimum Gasteiger partial charge on any atom is -0.478 e. The summed E-state index contributed by atoms with van der Waals surface area (Å²) >= 11 is 5.67. The van der Waals surface area contributed by atoms with Crippen molar-refractivity contribution in [2.75, 3.05) is 0 Å². The van der Waals surface area contributed by atoms with Crippen molar-refractivity contribution in [3.8, 4) is 17.3 Å². The number of halogens is 2. The van der Waals surface area contributed by atoms with Gasteiger partial charge in [-0.25, -0.2) is 9.18 Å². The van der Waals surface area contributed by atoms with Crippen LogP contribution >= 0.6 is 11.6 Å². The van der Waals surface area contributed by atoms with Gasteiger partial charge in [-0.2, -0.15) is 5.26 Å². The zero-order valence-corrected chi connectivity index (χ0v) is 11.1. The summed E-state index contributed by atoms with van der Waals surface area (Å²) in [5.74, 6) is -1.87. The molecule has 0 aliphatic carbocycles. The molecule has 0 bridgehead atoms. The first kappa shape index (κ1) is 14.0. The van der Waals surface area contributed by atoms with Crippen LogP contribution in [0.3, 0.4) is 0 Å². The van der Waals surface area contributed by atoms with Gasteiger partial charge in [0, 0.05) is 10.6 Å². The number of aryl methyl sites for hydroxylation is 1. The van der Waals surface area contributed by atoms with E-state index in [1.165, 1.54) is 25.1 Å². The second-order valence-corrected chi connectivity index (χ2v) is 4.49. The van der Waals surface area contributed by atoms with Gasteiger partial charge in [-0.05, 0) is 31.2 Å². The predicted octanol–water partition coefficient (Wildman–Crippen LogP) is 3.42. The number of aromatic carboxylic acids is 1. The Morgan fingerprint density at radius 3 is 2.70 bits per heavy atom. The Kier molecular flexibility index (Phi) is 3.68. The van der Waals surface area contributed by atoms with E-state index in [-0.39, 0.29) is 33.1 Å². The lowest BCUT2D eigenvalue weighted by molar-refractivity contribution is 0.0696. The summed E-state index contributed by atoms with van der Waals surface area (Å²) < 4.78 is 13.8. The van der Waals surface area contributed by atoms with Crippen molar-refractivity contribution in [2.24, 2.45) is 0 Å². The maximum absolute atomic E-state index is 13.8. The van der Waals surface area contributed by atoms with E-state index in [9.17, 15) is 9.18 Å². The summed E-state index contributed by atoms with van der Waals surface area (Å²) in [7, 11) is 0. The van der Waals surface area contributed by atoms with E-state index in [1.54, 1.807) is 6.07 Å². The smallest absolute Gasteiger partial charge is 0.337 e. The number of hydrogen-bond acceptors (Lipinski definition) is 3. The summed E-state index contributed by atoms with van der Waals surface area (Å²) in [5.41, 5.74) is 0.272. The van der Waals surface area contributed by atoms with Gasteiger partial charge in [-0.1, -0.05) is 11.6 Å². The normalized spacial score (nSPS) is 10.1. The van der Waals surface area contributed by atoms with Gasteiger partial charge in [0.2, 0.25) is 0 Å². The number of nitriles is 1. The van der Waals surface area contributed by atoms with Crippen LogP contribution < -0.4 is 0 Å². The van der Waals surface area contributed by atoms with Crippen LogP contribution in [-0.2, 0) is 0 Å². The molecule has 2 aromatic rings. The maximum atomic E-state index is 13.8. The zero-order valence-electron chi connectivity index (χ0n) is 10.3. The molecule has 0 saturated heterocycles. The van der Waals surface area contributed by atoms with Crippen LogP contribution in [-0.4, -0.2) is 16.1 Å². The number of pyridine rings is 1. The Morgan fingerprint density at radius 2 is 2.15 bits per heavy atom. The Bertz CT molecular complexity index is 754. The molecule has 1 aromatic heterocycles. The van der Waals surface area contributed by atoms with Crippen molar-refractivity contribution in [3.05, 3.63) is 51.9 Å². The third kappa shape index (κ3) is 2.46. The van der Waals surface area contributed by atoms with Gasteiger partial charge in [0.05, 0.1) is 22.5 Å². The number of benzene rings is 1. The highest BCUT2D eigenvalue weighted by Gasteiger charge is 2.17. The standard InChI is InChI=1S/C14H8ClFN2O2/c1-7-11(6-17)10(14(19)20)5-13(18-7)9-3-2-8(15)4-12(9)16/h2-5H,1H3,(H,19,20). The van der Waals surface area contributed by atoms with Crippen LogP contribution in [0.1, 0.15) is 21.6 Å². The van der Waals surface area contributed by atoms with Gasteiger partial charge in [-0.3, -0.25) is 4.98 Å². The molecule has 0 fully saturated rings. The molecule has 1 aromatic carbocycles. The summed E-state index contributed by atoms with van der Waals surface area (Å²) in [5, 5.41) is 18.3. The fourth-order valence-electron chi connectivity index (χ4n) is 1.82. The molecule has 0 aliphatic heterocycles. The van der Waals surface area contributed by atoms with Crippen molar-refractivity contribution >= 4 is 17.6 Å². The van der Waals surface area contributed by atoms with Crippen LogP contribution in [0.15, 0.2) is 24.3 Å². The Balaban J connectivity index is 2.71. The quantitative estimate of drug-likeness (QED) is 0.919. The zero-order chi connectivity index (χ0) is 14.9. The lowest BCUT2D eigenvalue weighted by atomic mass is 10.0. The SMILES string of the molecule is Cc1nc(-c2ccc(Cl)cc2F)cc(C(=O)O)c1C#N. The number of hydrogen-bond donors (Lipinski definition) is 1. The molecule has 1 N–H and O–H groups in total. The van der Waals surface area contributed by atoms with Gasteiger partial charge >= 0.3 is 5.97 Å². The van der Waals surface area contributed by atoms with E-state index in [1.807, 2.05) is 0 Å². The Morgan fingerprint density at radius 1 is 1.45 bits per heavy atom. The molecular formula is C14H8ClFN2O2. The third-order valence-corrected chi connectivity index (χ3v) is 2.98. The maximum Gasteiger partial charge on any atom is 0.337 e. The van der Waals surface area contributed by atoms with Gasteiger partial charge in [0.15, 0.2) is 0 Å². The molecule has 0 amide bonds. The lowest BCUT2D eigenvalue weighted by Crippen LogP contribution is -2.05. The average Bonchev–Trinajstić information content (AvgIpc) is 2.37. The molecular weight excluding hydrogens is 283 g/mol. The number of rotatable bonds is 2. The number of aromatic nitrogens is 1. The molecule has 2 rings (SSSR count). The number of carboxylic acid groups (broad SMARTS) is 1. The second-order valence-electron chi connectivity index (χ2n) is 4.06. The predicted molar refractivity (Wildman–Crippen MR) is 71.1 cm³/mol. The molecule has 4 nitrogen and oxygen atoms in total. The molecule has 0 spiro atoms. The van der Waals surface area contributed by atoms with E-state index in [4.69, 9.17) is 22.0 Å². The Hall–Kier alpha value is -2.45. The van der Waals surface area contributed by atoms with Crippen molar-refractivity contribution in [2.45, 2.75) is 6.92 Å². The van der Waals surface area contributed by atoms with E-state index < -0.39 is 11.8 Å². The monoisotopic (exact) mass is 290 g/mol. The number of nitrogens with zero attached hydrogens (tertiary/aromatic N) is 2. The van der Waals surface area contributed by atoms with Crippen LogP contribution in [0.25, 0.3) is 11.3 Å². The average molecular weight is 291 g/mol. The molecule has 1 heterocycles. The van der Waals surface area contributed by atoms with E-state index in [2.05, 4.69) is 4.98 Å². The third-order valence-electron chi connectivity index (χ3n) is 2.75. The molecule has 0 unspecified atom stereocenters. The minimum absolute atomic E-state index is 0.0318. The van der Waals surface area contributed by atoms with Gasteiger partial charge in [-0.15, -0.1) is 0 Å². The van der Waals surface area contributed by atoms with Gasteiger partial charge < -0.3 is 5.11 Å². The summed E-state index contributed by atoms with van der Waals surface area (Å²) in [6.07, 6.45) is 0. The molecule has 0 radical (unpaired) electrons. The molecule has 0 aliphatic rings. The van der Waals surface area contributed by atoms with Gasteiger partial charge in [0.1, 0.15) is 11.9 Å². The second kappa shape index (κ2) is 5.27. The lowest BCUT2D eigenvalue weighted by Gasteiger charge is -2.08. The first-order valence-corrected chi connectivity index (χ1v) is 5.92. The van der Waals surface area contributed by atoms with Crippen LogP contribution in [0.5, 0.6) is 0 Å². The first-order valence-electron chi connectivity index (χ1n) is 5.54. The van der Waals surface area contributed by atoms with Crippen LogP contribution in [0.4, 0.5) is 4.39 Å². The van der Waals surface area contributed by atoms with E-state index >= 15 is 0 Å². The fourth-order valence-corrected chi connectivity index (χ4v) is 1.98. The van der Waals surface area contributed by atoms with Crippen molar-refractivity contribution in [1.82, 2.24) is 4.98 Å². The Labute approximate surface area is 119 Å². The topological polar surface area (TPSA) is 74.0 Å². The van der Waals surface area contributed by atoms with Gasteiger partial charge in [0.25, 0.3) is 0 Å². The highest BCUT2D eigenvalue weighted by molar-refractivity contribution is 6.30. The molecule has 20 heavy (non-hydrogen) atoms. The van der Waals surface area contributed by atoms with Crippen molar-refractivity contribution in [1.29, 1.82) is 5.26 Å².